The van der Waals surface area contributed by atoms with Crippen molar-refractivity contribution in [1.29, 1.82) is 0 Å². The van der Waals surface area contributed by atoms with Gasteiger partial charge in [0.05, 0.1) is 18.4 Å². The first-order valence-corrected chi connectivity index (χ1v) is 6.65. The molecule has 1 heterocycles. The minimum absolute atomic E-state index is 0.210. The summed E-state index contributed by atoms with van der Waals surface area (Å²) in [5, 5.41) is 5.57. The quantitative estimate of drug-likeness (QED) is 0.804. The Morgan fingerprint density at radius 1 is 1.14 bits per heavy atom. The molecule has 0 unspecified atom stereocenters. The first-order valence-electron chi connectivity index (χ1n) is 6.65. The van der Waals surface area contributed by atoms with E-state index in [1.165, 1.54) is 12.1 Å². The van der Waals surface area contributed by atoms with Crippen LogP contribution in [0.3, 0.4) is 0 Å². The van der Waals surface area contributed by atoms with Crippen LogP contribution in [0.2, 0.25) is 0 Å². The van der Waals surface area contributed by atoms with Crippen molar-refractivity contribution in [2.45, 2.75) is 19.1 Å². The van der Waals surface area contributed by atoms with Gasteiger partial charge in [-0.25, -0.2) is 0 Å². The largest absolute Gasteiger partial charge is 0.468 e. The molecule has 0 aliphatic heterocycles. The van der Waals surface area contributed by atoms with E-state index in [4.69, 9.17) is 4.42 Å². The smallest absolute Gasteiger partial charge is 0.416 e. The van der Waals surface area contributed by atoms with Crippen molar-refractivity contribution >= 4 is 11.6 Å². The highest BCUT2D eigenvalue weighted by Crippen LogP contribution is 2.29. The van der Waals surface area contributed by atoms with E-state index < -0.39 is 11.7 Å². The van der Waals surface area contributed by atoms with E-state index >= 15 is 0 Å². The van der Waals surface area contributed by atoms with Crippen LogP contribution in [-0.4, -0.2) is 12.5 Å². The molecular formula is C15H15F3N2O2. The van der Waals surface area contributed by atoms with E-state index in [-0.39, 0.29) is 12.3 Å². The zero-order chi connectivity index (χ0) is 16.0. The molecule has 118 valence electrons. The van der Waals surface area contributed by atoms with Gasteiger partial charge in [-0.05, 0) is 36.4 Å². The van der Waals surface area contributed by atoms with Crippen LogP contribution >= 0.6 is 0 Å². The molecule has 0 spiro atoms. The second-order valence-electron chi connectivity index (χ2n) is 4.63. The molecule has 0 fully saturated rings. The molecule has 2 rings (SSSR count). The Hall–Kier alpha value is -2.28. The number of anilines is 1. The predicted octanol–water partition coefficient (Wildman–Crippen LogP) is 3.42. The van der Waals surface area contributed by atoms with Crippen molar-refractivity contribution in [3.05, 3.63) is 54.0 Å². The van der Waals surface area contributed by atoms with Gasteiger partial charge < -0.3 is 15.1 Å². The minimum Gasteiger partial charge on any atom is -0.468 e. The van der Waals surface area contributed by atoms with Crippen LogP contribution in [-0.2, 0) is 17.5 Å². The molecule has 1 aromatic heterocycles. The maximum Gasteiger partial charge on any atom is 0.416 e. The predicted molar refractivity (Wildman–Crippen MR) is 75.1 cm³/mol. The molecule has 0 aliphatic carbocycles. The summed E-state index contributed by atoms with van der Waals surface area (Å²) in [6.45, 7) is 0.952. The molecule has 4 nitrogen and oxygen atoms in total. The van der Waals surface area contributed by atoms with Crippen LogP contribution in [0.5, 0.6) is 0 Å². The second-order valence-corrected chi connectivity index (χ2v) is 4.63. The molecule has 1 aromatic carbocycles. The Morgan fingerprint density at radius 3 is 2.45 bits per heavy atom. The summed E-state index contributed by atoms with van der Waals surface area (Å²) in [7, 11) is 0. The highest BCUT2D eigenvalue weighted by molar-refractivity contribution is 5.90. The highest BCUT2D eigenvalue weighted by Gasteiger charge is 2.29. The van der Waals surface area contributed by atoms with Gasteiger partial charge in [-0.2, -0.15) is 13.2 Å². The Morgan fingerprint density at radius 2 is 1.86 bits per heavy atom. The van der Waals surface area contributed by atoms with Crippen molar-refractivity contribution in [1.82, 2.24) is 5.32 Å². The highest BCUT2D eigenvalue weighted by atomic mass is 19.4. The standard InChI is InChI=1S/C15H15F3N2O2/c16-15(17,18)11-3-5-12(6-4-11)20-14(21)7-8-19-10-13-2-1-9-22-13/h1-6,9,19H,7-8,10H2,(H,20,21). The van der Waals surface area contributed by atoms with Gasteiger partial charge in [0.15, 0.2) is 0 Å². The molecule has 22 heavy (non-hydrogen) atoms. The van der Waals surface area contributed by atoms with E-state index in [9.17, 15) is 18.0 Å². The normalized spacial score (nSPS) is 11.4. The van der Waals surface area contributed by atoms with Gasteiger partial charge >= 0.3 is 6.18 Å². The number of alkyl halides is 3. The number of hydrogen-bond donors (Lipinski definition) is 2. The number of carbonyl (C=O) groups excluding carboxylic acids is 1. The number of nitrogens with one attached hydrogen (secondary N) is 2. The van der Waals surface area contributed by atoms with Crippen LogP contribution in [0.25, 0.3) is 0 Å². The van der Waals surface area contributed by atoms with Gasteiger partial charge in [0, 0.05) is 18.7 Å². The summed E-state index contributed by atoms with van der Waals surface area (Å²) in [5.41, 5.74) is -0.408. The fourth-order valence-electron chi connectivity index (χ4n) is 1.79. The SMILES string of the molecule is O=C(CCNCc1ccco1)Nc1ccc(C(F)(F)F)cc1. The fraction of sp³-hybridized carbons (Fsp3) is 0.267. The van der Waals surface area contributed by atoms with Gasteiger partial charge in [-0.15, -0.1) is 0 Å². The molecule has 2 N–H and O–H groups in total. The van der Waals surface area contributed by atoms with E-state index in [2.05, 4.69) is 10.6 Å². The fourth-order valence-corrected chi connectivity index (χ4v) is 1.79. The lowest BCUT2D eigenvalue weighted by molar-refractivity contribution is -0.137. The van der Waals surface area contributed by atoms with E-state index in [1.54, 1.807) is 12.3 Å². The monoisotopic (exact) mass is 312 g/mol. The van der Waals surface area contributed by atoms with E-state index in [0.717, 1.165) is 17.9 Å². The molecule has 0 aliphatic rings. The zero-order valence-corrected chi connectivity index (χ0v) is 11.6. The number of carbonyl (C=O) groups is 1. The number of hydrogen-bond acceptors (Lipinski definition) is 3. The lowest BCUT2D eigenvalue weighted by Gasteiger charge is -2.09. The molecule has 2 aromatic rings. The molecule has 0 radical (unpaired) electrons. The Balaban J connectivity index is 1.72. The number of benzene rings is 1. The van der Waals surface area contributed by atoms with Crippen LogP contribution < -0.4 is 10.6 Å². The maximum atomic E-state index is 12.4. The molecule has 0 saturated heterocycles. The minimum atomic E-state index is -4.38. The third-order valence-corrected chi connectivity index (χ3v) is 2.90. The lowest BCUT2D eigenvalue weighted by Crippen LogP contribution is -2.21. The molecule has 0 bridgehead atoms. The number of rotatable bonds is 6. The number of amides is 1. The Kier molecular flexibility index (Phi) is 5.21. The summed E-state index contributed by atoms with van der Waals surface area (Å²) in [6.07, 6.45) is -2.60. The summed E-state index contributed by atoms with van der Waals surface area (Å²) < 4.78 is 42.3. The van der Waals surface area contributed by atoms with Crippen LogP contribution in [0.15, 0.2) is 47.1 Å². The van der Waals surface area contributed by atoms with Crippen molar-refractivity contribution in [2.24, 2.45) is 0 Å². The molecule has 0 atom stereocenters. The number of halogens is 3. The van der Waals surface area contributed by atoms with Gasteiger partial charge in [-0.3, -0.25) is 4.79 Å². The van der Waals surface area contributed by atoms with E-state index in [0.29, 0.717) is 18.8 Å². The van der Waals surface area contributed by atoms with Crippen molar-refractivity contribution < 1.29 is 22.4 Å². The second kappa shape index (κ2) is 7.13. The zero-order valence-electron chi connectivity index (χ0n) is 11.6. The third kappa shape index (κ3) is 4.92. The first-order chi connectivity index (χ1) is 10.4. The van der Waals surface area contributed by atoms with Crippen molar-refractivity contribution in [2.75, 3.05) is 11.9 Å². The summed E-state index contributed by atoms with van der Waals surface area (Å²) >= 11 is 0. The average Bonchev–Trinajstić information content (AvgIpc) is 2.96. The summed E-state index contributed by atoms with van der Waals surface area (Å²) in [6, 6.07) is 7.92. The van der Waals surface area contributed by atoms with Crippen LogP contribution in [0, 0.1) is 0 Å². The molecular weight excluding hydrogens is 297 g/mol. The topological polar surface area (TPSA) is 54.3 Å². The van der Waals surface area contributed by atoms with Crippen LogP contribution in [0.1, 0.15) is 17.7 Å². The summed E-state index contributed by atoms with van der Waals surface area (Å²) in [4.78, 5) is 11.7. The summed E-state index contributed by atoms with van der Waals surface area (Å²) in [5.74, 6) is 0.495. The lowest BCUT2D eigenvalue weighted by atomic mass is 10.2. The van der Waals surface area contributed by atoms with Crippen molar-refractivity contribution in [3.8, 4) is 0 Å². The maximum absolute atomic E-state index is 12.4. The first kappa shape index (κ1) is 16.1. The third-order valence-electron chi connectivity index (χ3n) is 2.90. The van der Waals surface area contributed by atoms with Crippen molar-refractivity contribution in [3.63, 3.8) is 0 Å². The Bertz CT molecular complexity index is 592. The van der Waals surface area contributed by atoms with Gasteiger partial charge in [0.2, 0.25) is 5.91 Å². The Labute approximate surface area is 125 Å². The average molecular weight is 312 g/mol. The van der Waals surface area contributed by atoms with Gasteiger partial charge in [0.1, 0.15) is 5.76 Å². The molecule has 7 heteroatoms. The van der Waals surface area contributed by atoms with E-state index in [1.807, 2.05) is 6.07 Å². The molecule has 0 saturated carbocycles. The van der Waals surface area contributed by atoms with Gasteiger partial charge in [-0.1, -0.05) is 0 Å². The molecule has 1 amide bonds. The van der Waals surface area contributed by atoms with Gasteiger partial charge in [0.25, 0.3) is 0 Å². The van der Waals surface area contributed by atoms with Crippen LogP contribution in [0.4, 0.5) is 18.9 Å². The number of furan rings is 1.